The van der Waals surface area contributed by atoms with Crippen molar-refractivity contribution in [1.82, 2.24) is 0 Å². The predicted molar refractivity (Wildman–Crippen MR) is 58.6 cm³/mol. The molecule has 0 heterocycles. The summed E-state index contributed by atoms with van der Waals surface area (Å²) in [5.41, 5.74) is 0. The van der Waals surface area contributed by atoms with Gasteiger partial charge in [0.2, 0.25) is 0 Å². The van der Waals surface area contributed by atoms with Gasteiger partial charge >= 0.3 is 0 Å². The Balaban J connectivity index is 3.94. The van der Waals surface area contributed by atoms with Gasteiger partial charge in [-0.25, -0.2) is 0 Å². The van der Waals surface area contributed by atoms with Gasteiger partial charge < -0.3 is 5.11 Å². The molecule has 0 radical (unpaired) electrons. The maximum atomic E-state index is 9.86. The summed E-state index contributed by atoms with van der Waals surface area (Å²) in [5.74, 6) is 1.30. The van der Waals surface area contributed by atoms with E-state index in [1.807, 2.05) is 13.0 Å². The summed E-state index contributed by atoms with van der Waals surface area (Å²) >= 11 is 0. The van der Waals surface area contributed by atoms with Gasteiger partial charge in [-0.05, 0) is 24.2 Å². The fourth-order valence-electron chi connectivity index (χ4n) is 1.60. The highest BCUT2D eigenvalue weighted by Gasteiger charge is 2.20. The van der Waals surface area contributed by atoms with Gasteiger partial charge in [0.1, 0.15) is 0 Å². The van der Waals surface area contributed by atoms with Crippen molar-refractivity contribution >= 4 is 0 Å². The Kier molecular flexibility index (Phi) is 6.06. The summed E-state index contributed by atoms with van der Waals surface area (Å²) in [4.78, 5) is 0. The van der Waals surface area contributed by atoms with Crippen molar-refractivity contribution < 1.29 is 5.11 Å². The highest BCUT2D eigenvalue weighted by Crippen LogP contribution is 2.22. The zero-order chi connectivity index (χ0) is 10.4. The van der Waals surface area contributed by atoms with E-state index in [0.29, 0.717) is 11.8 Å². The van der Waals surface area contributed by atoms with Gasteiger partial charge in [-0.3, -0.25) is 0 Å². The first-order chi connectivity index (χ1) is 6.02. The Hall–Kier alpha value is -0.300. The van der Waals surface area contributed by atoms with Gasteiger partial charge in [-0.1, -0.05) is 40.2 Å². The minimum absolute atomic E-state index is 0.207. The molecule has 0 saturated heterocycles. The van der Waals surface area contributed by atoms with E-state index in [4.69, 9.17) is 0 Å². The molecular weight excluding hydrogens is 160 g/mol. The molecule has 0 bridgehead atoms. The first-order valence-corrected chi connectivity index (χ1v) is 5.33. The highest BCUT2D eigenvalue weighted by molar-refractivity contribution is 4.84. The van der Waals surface area contributed by atoms with Crippen LogP contribution < -0.4 is 0 Å². The summed E-state index contributed by atoms with van der Waals surface area (Å²) in [6.45, 7) is 12.3. The summed E-state index contributed by atoms with van der Waals surface area (Å²) < 4.78 is 0. The topological polar surface area (TPSA) is 20.2 Å². The lowest BCUT2D eigenvalue weighted by Gasteiger charge is -2.24. The van der Waals surface area contributed by atoms with Crippen molar-refractivity contribution in [1.29, 1.82) is 0 Å². The molecule has 0 aliphatic rings. The smallest absolute Gasteiger partial charge is 0.0625 e. The quantitative estimate of drug-likeness (QED) is 0.628. The average Bonchev–Trinajstić information content (AvgIpc) is 2.14. The molecule has 0 aliphatic carbocycles. The molecule has 0 unspecified atom stereocenters. The molecule has 0 fully saturated rings. The van der Waals surface area contributed by atoms with E-state index in [1.54, 1.807) is 0 Å². The molecule has 78 valence electrons. The lowest BCUT2D eigenvalue weighted by atomic mass is 9.86. The molecule has 0 aliphatic heterocycles. The SMILES string of the molecule is C=C[C@H](C)[C@H](O)[C@H](C)C[C@H](C)CC. The van der Waals surface area contributed by atoms with Crippen molar-refractivity contribution in [3.63, 3.8) is 0 Å². The Morgan fingerprint density at radius 2 is 1.85 bits per heavy atom. The van der Waals surface area contributed by atoms with E-state index in [1.165, 1.54) is 6.42 Å². The van der Waals surface area contributed by atoms with Crippen LogP contribution in [0.25, 0.3) is 0 Å². The number of hydrogen-bond donors (Lipinski definition) is 1. The summed E-state index contributed by atoms with van der Waals surface area (Å²) in [6, 6.07) is 0. The van der Waals surface area contributed by atoms with Gasteiger partial charge in [0, 0.05) is 0 Å². The summed E-state index contributed by atoms with van der Waals surface area (Å²) in [6.07, 6.45) is 3.90. The molecule has 4 atom stereocenters. The molecule has 1 heteroatoms. The van der Waals surface area contributed by atoms with E-state index in [0.717, 1.165) is 6.42 Å². The number of hydrogen-bond acceptors (Lipinski definition) is 1. The van der Waals surface area contributed by atoms with Crippen molar-refractivity contribution in [3.05, 3.63) is 12.7 Å². The first kappa shape index (κ1) is 12.7. The molecule has 1 nitrogen and oxygen atoms in total. The van der Waals surface area contributed by atoms with E-state index in [2.05, 4.69) is 27.4 Å². The van der Waals surface area contributed by atoms with Crippen LogP contribution in [0.1, 0.15) is 40.5 Å². The van der Waals surface area contributed by atoms with Gasteiger partial charge in [-0.2, -0.15) is 0 Å². The van der Waals surface area contributed by atoms with E-state index in [9.17, 15) is 5.11 Å². The number of aliphatic hydroxyl groups is 1. The van der Waals surface area contributed by atoms with Crippen molar-refractivity contribution in [2.24, 2.45) is 17.8 Å². The second-order valence-corrected chi connectivity index (χ2v) is 4.31. The average molecular weight is 184 g/mol. The van der Waals surface area contributed by atoms with Crippen LogP contribution in [0.15, 0.2) is 12.7 Å². The monoisotopic (exact) mass is 184 g/mol. The van der Waals surface area contributed by atoms with Crippen LogP contribution in [0, 0.1) is 17.8 Å². The fourth-order valence-corrected chi connectivity index (χ4v) is 1.60. The third kappa shape index (κ3) is 4.47. The summed E-state index contributed by atoms with van der Waals surface area (Å²) in [5, 5.41) is 9.86. The highest BCUT2D eigenvalue weighted by atomic mass is 16.3. The first-order valence-electron chi connectivity index (χ1n) is 5.33. The zero-order valence-corrected chi connectivity index (χ0v) is 9.46. The van der Waals surface area contributed by atoms with Crippen molar-refractivity contribution in [2.75, 3.05) is 0 Å². The van der Waals surface area contributed by atoms with Crippen LogP contribution in [0.5, 0.6) is 0 Å². The van der Waals surface area contributed by atoms with Gasteiger partial charge in [0.25, 0.3) is 0 Å². The lowest BCUT2D eigenvalue weighted by Crippen LogP contribution is -2.25. The molecule has 0 amide bonds. The van der Waals surface area contributed by atoms with Crippen molar-refractivity contribution in [2.45, 2.75) is 46.6 Å². The molecule has 13 heavy (non-hydrogen) atoms. The van der Waals surface area contributed by atoms with E-state index >= 15 is 0 Å². The third-order valence-corrected chi connectivity index (χ3v) is 2.96. The molecule has 0 aromatic heterocycles. The largest absolute Gasteiger partial charge is 0.392 e. The standard InChI is InChI=1S/C12H24O/c1-6-9(3)8-11(5)12(13)10(4)7-2/h7,9-13H,2,6,8H2,1,3-5H3/t9-,10+,11-,12+/m1/s1. The third-order valence-electron chi connectivity index (χ3n) is 2.96. The van der Waals surface area contributed by atoms with Crippen LogP contribution in [0.4, 0.5) is 0 Å². The second kappa shape index (κ2) is 6.20. The molecule has 0 aromatic carbocycles. The molecule has 1 N–H and O–H groups in total. The molecule has 0 aromatic rings. The molecule has 0 spiro atoms. The zero-order valence-electron chi connectivity index (χ0n) is 9.46. The minimum Gasteiger partial charge on any atom is -0.392 e. The maximum Gasteiger partial charge on any atom is 0.0625 e. The van der Waals surface area contributed by atoms with Gasteiger partial charge in [0.05, 0.1) is 6.10 Å². The number of rotatable bonds is 6. The van der Waals surface area contributed by atoms with Crippen LogP contribution in [0.2, 0.25) is 0 Å². The van der Waals surface area contributed by atoms with Crippen molar-refractivity contribution in [3.8, 4) is 0 Å². The minimum atomic E-state index is -0.230. The predicted octanol–water partition coefficient (Wildman–Crippen LogP) is 3.24. The Morgan fingerprint density at radius 1 is 1.31 bits per heavy atom. The van der Waals surface area contributed by atoms with Crippen LogP contribution >= 0.6 is 0 Å². The van der Waals surface area contributed by atoms with Crippen LogP contribution in [-0.4, -0.2) is 11.2 Å². The Bertz CT molecular complexity index is 142. The fraction of sp³-hybridized carbons (Fsp3) is 0.833. The maximum absolute atomic E-state index is 9.86. The normalized spacial score (nSPS) is 20.4. The van der Waals surface area contributed by atoms with Gasteiger partial charge in [0.15, 0.2) is 0 Å². The van der Waals surface area contributed by atoms with E-state index in [-0.39, 0.29) is 12.0 Å². The second-order valence-electron chi connectivity index (χ2n) is 4.31. The molecule has 0 saturated carbocycles. The Morgan fingerprint density at radius 3 is 2.23 bits per heavy atom. The Labute approximate surface area is 82.9 Å². The lowest BCUT2D eigenvalue weighted by molar-refractivity contribution is 0.0716. The van der Waals surface area contributed by atoms with Gasteiger partial charge in [-0.15, -0.1) is 6.58 Å². The molecule has 0 rings (SSSR count). The number of aliphatic hydroxyl groups excluding tert-OH is 1. The molecular formula is C12H24O. The summed E-state index contributed by atoms with van der Waals surface area (Å²) in [7, 11) is 0. The van der Waals surface area contributed by atoms with Crippen LogP contribution in [0.3, 0.4) is 0 Å². The van der Waals surface area contributed by atoms with Crippen LogP contribution in [-0.2, 0) is 0 Å². The van der Waals surface area contributed by atoms with E-state index < -0.39 is 0 Å².